The Morgan fingerprint density at radius 2 is 1.96 bits per heavy atom. The SMILES string of the molecule is C=C/C(=C\C(=C/C)C1C=CNCN1)c1ccc(C(/C=C\C)=C/C)cc1C. The molecule has 0 spiro atoms. The third-order valence-corrected chi connectivity index (χ3v) is 4.59. The molecule has 1 unspecified atom stereocenters. The lowest BCUT2D eigenvalue weighted by Crippen LogP contribution is -2.38. The monoisotopic (exact) mass is 346 g/mol. The Hall–Kier alpha value is -2.58. The van der Waals surface area contributed by atoms with Gasteiger partial charge in [-0.3, -0.25) is 5.32 Å². The van der Waals surface area contributed by atoms with Crippen LogP contribution < -0.4 is 10.6 Å². The van der Waals surface area contributed by atoms with Gasteiger partial charge in [0, 0.05) is 0 Å². The number of allylic oxidation sites excluding steroid dienone is 7. The molecule has 2 N–H and O–H groups in total. The molecule has 2 heteroatoms. The minimum absolute atomic E-state index is 0.222. The molecule has 1 aliphatic heterocycles. The van der Waals surface area contributed by atoms with Crippen molar-refractivity contribution in [2.24, 2.45) is 0 Å². The highest BCUT2D eigenvalue weighted by Crippen LogP contribution is 2.26. The van der Waals surface area contributed by atoms with Crippen molar-refractivity contribution >= 4 is 11.1 Å². The molecule has 0 aliphatic carbocycles. The van der Waals surface area contributed by atoms with E-state index in [2.05, 4.69) is 92.6 Å². The van der Waals surface area contributed by atoms with E-state index >= 15 is 0 Å². The maximum Gasteiger partial charge on any atom is 0.0655 e. The first-order chi connectivity index (χ1) is 12.6. The highest BCUT2D eigenvalue weighted by molar-refractivity contribution is 5.81. The van der Waals surface area contributed by atoms with Crippen LogP contribution in [-0.2, 0) is 0 Å². The Morgan fingerprint density at radius 3 is 2.50 bits per heavy atom. The maximum absolute atomic E-state index is 4.05. The van der Waals surface area contributed by atoms with Gasteiger partial charge in [-0.05, 0) is 79.5 Å². The van der Waals surface area contributed by atoms with Crippen molar-refractivity contribution in [3.8, 4) is 0 Å². The van der Waals surface area contributed by atoms with E-state index in [0.717, 1.165) is 12.2 Å². The summed E-state index contributed by atoms with van der Waals surface area (Å²) in [5.41, 5.74) is 7.33. The summed E-state index contributed by atoms with van der Waals surface area (Å²) in [6.45, 7) is 13.2. The summed E-state index contributed by atoms with van der Waals surface area (Å²) >= 11 is 0. The van der Waals surface area contributed by atoms with Gasteiger partial charge >= 0.3 is 0 Å². The normalized spacial score (nSPS) is 18.9. The summed E-state index contributed by atoms with van der Waals surface area (Å²) in [6, 6.07) is 6.86. The molecule has 0 saturated heterocycles. The average Bonchev–Trinajstić information content (AvgIpc) is 2.68. The van der Waals surface area contributed by atoms with Gasteiger partial charge in [0.15, 0.2) is 0 Å². The summed E-state index contributed by atoms with van der Waals surface area (Å²) in [4.78, 5) is 0. The molecule has 1 heterocycles. The molecule has 0 amide bonds. The second-order valence-electron chi connectivity index (χ2n) is 6.29. The van der Waals surface area contributed by atoms with Crippen LogP contribution in [0.1, 0.15) is 37.5 Å². The molecule has 0 radical (unpaired) electrons. The van der Waals surface area contributed by atoms with Crippen molar-refractivity contribution in [3.63, 3.8) is 0 Å². The first-order valence-corrected chi connectivity index (χ1v) is 9.18. The van der Waals surface area contributed by atoms with Crippen molar-refractivity contribution in [3.05, 3.63) is 95.8 Å². The van der Waals surface area contributed by atoms with Crippen LogP contribution in [0.15, 0.2) is 79.1 Å². The van der Waals surface area contributed by atoms with Crippen LogP contribution in [-0.4, -0.2) is 12.7 Å². The molecule has 1 aromatic rings. The van der Waals surface area contributed by atoms with E-state index in [-0.39, 0.29) is 6.04 Å². The second-order valence-corrected chi connectivity index (χ2v) is 6.29. The molecule has 1 aliphatic rings. The van der Waals surface area contributed by atoms with Crippen LogP contribution in [0.2, 0.25) is 0 Å². The zero-order valence-electron chi connectivity index (χ0n) is 16.3. The van der Waals surface area contributed by atoms with E-state index < -0.39 is 0 Å². The Bertz CT molecular complexity index is 788. The zero-order valence-corrected chi connectivity index (χ0v) is 16.3. The van der Waals surface area contributed by atoms with Crippen molar-refractivity contribution in [1.29, 1.82) is 0 Å². The van der Waals surface area contributed by atoms with Gasteiger partial charge in [0.05, 0.1) is 12.7 Å². The van der Waals surface area contributed by atoms with E-state index in [0.29, 0.717) is 0 Å². The maximum atomic E-state index is 4.05. The van der Waals surface area contributed by atoms with Crippen LogP contribution in [0.25, 0.3) is 11.1 Å². The Kier molecular flexibility index (Phi) is 7.43. The van der Waals surface area contributed by atoms with Crippen molar-refractivity contribution in [2.75, 3.05) is 6.67 Å². The van der Waals surface area contributed by atoms with E-state index in [9.17, 15) is 0 Å². The van der Waals surface area contributed by atoms with E-state index in [1.165, 1.54) is 27.8 Å². The number of benzene rings is 1. The van der Waals surface area contributed by atoms with Crippen molar-refractivity contribution in [2.45, 2.75) is 33.7 Å². The minimum Gasteiger partial charge on any atom is -0.379 e. The Labute approximate surface area is 158 Å². The van der Waals surface area contributed by atoms with E-state index in [1.807, 2.05) is 19.2 Å². The zero-order chi connectivity index (χ0) is 18.9. The topological polar surface area (TPSA) is 24.1 Å². The predicted molar refractivity (Wildman–Crippen MR) is 116 cm³/mol. The van der Waals surface area contributed by atoms with Gasteiger partial charge in [0.2, 0.25) is 0 Å². The fourth-order valence-corrected chi connectivity index (χ4v) is 3.17. The first-order valence-electron chi connectivity index (χ1n) is 9.18. The summed E-state index contributed by atoms with van der Waals surface area (Å²) in [6.07, 6.45) is 16.8. The lowest BCUT2D eigenvalue weighted by Gasteiger charge is -2.21. The van der Waals surface area contributed by atoms with Gasteiger partial charge in [-0.15, -0.1) is 0 Å². The van der Waals surface area contributed by atoms with Crippen molar-refractivity contribution in [1.82, 2.24) is 10.6 Å². The number of hydrogen-bond donors (Lipinski definition) is 2. The summed E-state index contributed by atoms with van der Waals surface area (Å²) in [5, 5.41) is 6.61. The number of hydrogen-bond acceptors (Lipinski definition) is 2. The predicted octanol–water partition coefficient (Wildman–Crippen LogP) is 5.52. The van der Waals surface area contributed by atoms with Gasteiger partial charge in [-0.2, -0.15) is 0 Å². The molecule has 2 rings (SSSR count). The molecule has 1 atom stereocenters. The lowest BCUT2D eigenvalue weighted by molar-refractivity contribution is 0.595. The molecule has 2 nitrogen and oxygen atoms in total. The third kappa shape index (κ3) is 4.74. The van der Waals surface area contributed by atoms with Gasteiger partial charge < -0.3 is 5.32 Å². The van der Waals surface area contributed by atoms with Crippen LogP contribution >= 0.6 is 0 Å². The number of rotatable bonds is 6. The molecule has 0 saturated carbocycles. The highest BCUT2D eigenvalue weighted by atomic mass is 15.1. The summed E-state index contributed by atoms with van der Waals surface area (Å²) < 4.78 is 0. The smallest absolute Gasteiger partial charge is 0.0655 e. The van der Waals surface area contributed by atoms with Gasteiger partial charge in [0.1, 0.15) is 0 Å². The average molecular weight is 347 g/mol. The lowest BCUT2D eigenvalue weighted by atomic mass is 9.93. The fourth-order valence-electron chi connectivity index (χ4n) is 3.17. The molecule has 0 fully saturated rings. The van der Waals surface area contributed by atoms with Crippen LogP contribution in [0.3, 0.4) is 0 Å². The largest absolute Gasteiger partial charge is 0.379 e. The van der Waals surface area contributed by atoms with Gasteiger partial charge in [-0.1, -0.05) is 55.2 Å². The van der Waals surface area contributed by atoms with Crippen LogP contribution in [0, 0.1) is 6.92 Å². The summed E-state index contributed by atoms with van der Waals surface area (Å²) in [7, 11) is 0. The Morgan fingerprint density at radius 1 is 1.15 bits per heavy atom. The highest BCUT2D eigenvalue weighted by Gasteiger charge is 2.12. The van der Waals surface area contributed by atoms with E-state index in [1.54, 1.807) is 0 Å². The first kappa shape index (κ1) is 19.7. The summed E-state index contributed by atoms with van der Waals surface area (Å²) in [5.74, 6) is 0. The standard InChI is InChI=1S/C24H30N2/c1-6-10-19(7-2)22-11-12-23(18(5)15-22)20(8-3)16-21(9-4)24-13-14-25-17-26-24/h6-16,24-26H,3,17H2,1-2,4-5H3/b10-6-,19-7+,20-16+,21-9+. The molecule has 0 bridgehead atoms. The number of nitrogens with one attached hydrogen (secondary N) is 2. The van der Waals surface area contributed by atoms with Crippen LogP contribution in [0.5, 0.6) is 0 Å². The quantitative estimate of drug-likeness (QED) is 0.663. The van der Waals surface area contributed by atoms with Gasteiger partial charge in [0.25, 0.3) is 0 Å². The van der Waals surface area contributed by atoms with Crippen LogP contribution in [0.4, 0.5) is 0 Å². The van der Waals surface area contributed by atoms with Gasteiger partial charge in [-0.25, -0.2) is 0 Å². The molecule has 26 heavy (non-hydrogen) atoms. The molecule has 0 aromatic heterocycles. The van der Waals surface area contributed by atoms with Crippen molar-refractivity contribution < 1.29 is 0 Å². The minimum atomic E-state index is 0.222. The molecule has 136 valence electrons. The van der Waals surface area contributed by atoms with E-state index in [4.69, 9.17) is 0 Å². The Balaban J connectivity index is 2.39. The third-order valence-electron chi connectivity index (χ3n) is 4.59. The molecular weight excluding hydrogens is 316 g/mol. The fraction of sp³-hybridized carbons (Fsp3) is 0.250. The number of aryl methyl sites for hydroxylation is 1. The molecular formula is C24H30N2. The molecule has 1 aromatic carbocycles. The second kappa shape index (κ2) is 9.79.